The van der Waals surface area contributed by atoms with E-state index < -0.39 is 12.1 Å². The van der Waals surface area contributed by atoms with Crippen molar-refractivity contribution in [3.05, 3.63) is 0 Å². The molecule has 4 amide bonds. The minimum Gasteiger partial charge on any atom is -0.354 e. The van der Waals surface area contributed by atoms with Crippen molar-refractivity contribution in [1.29, 1.82) is 0 Å². The van der Waals surface area contributed by atoms with Gasteiger partial charge in [-0.2, -0.15) is 0 Å². The second-order valence-corrected chi connectivity index (χ2v) is 19.7. The van der Waals surface area contributed by atoms with Gasteiger partial charge in [0.05, 0.1) is 0 Å². The van der Waals surface area contributed by atoms with Crippen molar-refractivity contribution in [2.75, 3.05) is 67.5 Å². The summed E-state index contributed by atoms with van der Waals surface area (Å²) >= 11 is 0. The van der Waals surface area contributed by atoms with Crippen LogP contribution in [0, 0.1) is 11.8 Å². The van der Waals surface area contributed by atoms with Crippen molar-refractivity contribution in [1.82, 2.24) is 30.2 Å². The lowest BCUT2D eigenvalue weighted by Crippen LogP contribution is -2.54. The first-order chi connectivity index (χ1) is 29.8. The zero-order valence-electron chi connectivity index (χ0n) is 42.8. The molecule has 0 aromatic heterocycles. The Bertz CT molecular complexity index is 1020. The molecule has 10 heteroatoms. The van der Waals surface area contributed by atoms with Gasteiger partial charge in [-0.05, 0) is 65.7 Å². The summed E-state index contributed by atoms with van der Waals surface area (Å²) in [5.74, 6) is 0.0799. The number of hydrogen-bond acceptors (Lipinski definition) is 6. The zero-order valence-corrected chi connectivity index (χ0v) is 42.8. The van der Waals surface area contributed by atoms with Crippen molar-refractivity contribution in [2.45, 2.75) is 233 Å². The lowest BCUT2D eigenvalue weighted by molar-refractivity contribution is -0.142. The zero-order chi connectivity index (χ0) is 46.4. The molecule has 0 bridgehead atoms. The molecule has 0 rings (SSSR count). The van der Waals surface area contributed by atoms with Crippen LogP contribution in [0.2, 0.25) is 0 Å². The molecule has 0 saturated heterocycles. The summed E-state index contributed by atoms with van der Waals surface area (Å²) < 4.78 is 0. The van der Waals surface area contributed by atoms with Gasteiger partial charge in [-0.25, -0.2) is 0 Å². The van der Waals surface area contributed by atoms with Crippen LogP contribution in [-0.2, 0) is 19.2 Å². The summed E-state index contributed by atoms with van der Waals surface area (Å²) in [6.45, 7) is 16.3. The monoisotopic (exact) mass is 877 g/mol. The van der Waals surface area contributed by atoms with E-state index >= 15 is 0 Å². The van der Waals surface area contributed by atoms with Gasteiger partial charge >= 0.3 is 0 Å². The number of rotatable bonds is 43. The minimum absolute atomic E-state index is 0.00959. The van der Waals surface area contributed by atoms with E-state index in [1.54, 1.807) is 0 Å². The number of likely N-dealkylation sites (N-methyl/N-ethyl adjacent to an activating group) is 2. The number of carbonyl (C=O) groups excluding carboxylic acids is 4. The third kappa shape index (κ3) is 31.6. The smallest absolute Gasteiger partial charge is 0.243 e. The van der Waals surface area contributed by atoms with Crippen LogP contribution in [0.25, 0.3) is 0 Å². The van der Waals surface area contributed by atoms with E-state index in [0.717, 1.165) is 64.5 Å². The van der Waals surface area contributed by atoms with Crippen LogP contribution < -0.4 is 10.6 Å². The fourth-order valence-electron chi connectivity index (χ4n) is 8.47. The van der Waals surface area contributed by atoms with Gasteiger partial charge in [0, 0.05) is 52.1 Å². The first-order valence-electron chi connectivity index (χ1n) is 26.2. The van der Waals surface area contributed by atoms with Crippen LogP contribution in [0.4, 0.5) is 0 Å². The standard InChI is InChI=1S/C52H104N6O4/c1-11-13-15-17-19-21-23-25-27-29-33-37-47(59)57(43-41-55(7)8)49(45(3)4)51(61)53-39-35-31-32-36-40-54-52(62)50(46(5)6)58(44-42-56(9)10)48(60)38-34-30-28-26-24-22-20-18-16-14-12-2/h45-46,49-50H,11-44H2,1-10H3,(H,53,61)(H,54,62). The molecule has 2 unspecified atom stereocenters. The molecule has 0 heterocycles. The molecule has 2 N–H and O–H groups in total. The summed E-state index contributed by atoms with van der Waals surface area (Å²) in [5, 5.41) is 6.32. The highest BCUT2D eigenvalue weighted by Gasteiger charge is 2.33. The molecule has 0 aliphatic carbocycles. The Balaban J connectivity index is 4.83. The number of amides is 4. The fourth-order valence-corrected chi connectivity index (χ4v) is 8.47. The molecule has 0 aliphatic rings. The molecule has 0 fully saturated rings. The number of nitrogens with zero attached hydrogens (tertiary/aromatic N) is 4. The first-order valence-corrected chi connectivity index (χ1v) is 26.2. The normalized spacial score (nSPS) is 12.7. The Hall–Kier alpha value is -2.20. The summed E-state index contributed by atoms with van der Waals surface area (Å²) in [6, 6.07) is -0.966. The minimum atomic E-state index is -0.483. The largest absolute Gasteiger partial charge is 0.354 e. The lowest BCUT2D eigenvalue weighted by Gasteiger charge is -2.34. The molecule has 0 saturated carbocycles. The van der Waals surface area contributed by atoms with Crippen molar-refractivity contribution in [2.24, 2.45) is 11.8 Å². The Morgan fingerprint density at radius 2 is 0.629 bits per heavy atom. The Morgan fingerprint density at radius 3 is 0.887 bits per heavy atom. The molecule has 2 atom stereocenters. The molecule has 0 spiro atoms. The molecular formula is C52H104N6O4. The van der Waals surface area contributed by atoms with Gasteiger partial charge in [0.1, 0.15) is 12.1 Å². The Morgan fingerprint density at radius 1 is 0.371 bits per heavy atom. The summed E-state index contributed by atoms with van der Waals surface area (Å²) in [5.41, 5.74) is 0. The van der Waals surface area contributed by atoms with Gasteiger partial charge in [0.2, 0.25) is 23.6 Å². The van der Waals surface area contributed by atoms with Gasteiger partial charge in [0.15, 0.2) is 0 Å². The maximum atomic E-state index is 13.6. The quantitative estimate of drug-likeness (QED) is 0.0591. The van der Waals surface area contributed by atoms with E-state index in [9.17, 15) is 19.2 Å². The van der Waals surface area contributed by atoms with Crippen LogP contribution >= 0.6 is 0 Å². The summed E-state index contributed by atoms with van der Waals surface area (Å²) in [6.07, 6.45) is 31.9. The van der Waals surface area contributed by atoms with Gasteiger partial charge in [-0.3, -0.25) is 19.2 Å². The highest BCUT2D eigenvalue weighted by atomic mass is 16.2. The van der Waals surface area contributed by atoms with Gasteiger partial charge in [-0.15, -0.1) is 0 Å². The van der Waals surface area contributed by atoms with E-state index in [4.69, 9.17) is 0 Å². The Kier molecular flexibility index (Phi) is 38.9. The van der Waals surface area contributed by atoms with Gasteiger partial charge in [0.25, 0.3) is 0 Å². The molecule has 0 aromatic rings. The van der Waals surface area contributed by atoms with Crippen LogP contribution in [0.5, 0.6) is 0 Å². The van der Waals surface area contributed by atoms with Crippen LogP contribution in [0.1, 0.15) is 221 Å². The summed E-state index contributed by atoms with van der Waals surface area (Å²) in [7, 11) is 8.03. The third-order valence-electron chi connectivity index (χ3n) is 12.4. The number of nitrogens with one attached hydrogen (secondary N) is 2. The van der Waals surface area contributed by atoms with Crippen molar-refractivity contribution in [3.63, 3.8) is 0 Å². The molecule has 0 radical (unpaired) electrons. The van der Waals surface area contributed by atoms with Crippen LogP contribution in [-0.4, -0.2) is 123 Å². The van der Waals surface area contributed by atoms with Crippen LogP contribution in [0.3, 0.4) is 0 Å². The van der Waals surface area contributed by atoms with Gasteiger partial charge < -0.3 is 30.2 Å². The highest BCUT2D eigenvalue weighted by Crippen LogP contribution is 2.19. The Labute approximate surface area is 384 Å². The maximum Gasteiger partial charge on any atom is 0.243 e. The predicted octanol–water partition coefficient (Wildman–Crippen LogP) is 11.0. The van der Waals surface area contributed by atoms with Crippen molar-refractivity contribution < 1.29 is 19.2 Å². The molecule has 10 nitrogen and oxygen atoms in total. The number of carbonyl (C=O) groups is 4. The SMILES string of the molecule is CCCCCCCCCCCCCC(=O)N(CCN(C)C)C(C(=O)NCCCCCCNC(=O)C(C(C)C)N(CCN(C)C)C(=O)CCCCCCCCCCCCC)C(C)C. The molecule has 0 aromatic carbocycles. The van der Waals surface area contributed by atoms with Crippen LogP contribution in [0.15, 0.2) is 0 Å². The van der Waals surface area contributed by atoms with E-state index in [2.05, 4.69) is 34.3 Å². The number of hydrogen-bond donors (Lipinski definition) is 2. The highest BCUT2D eigenvalue weighted by molar-refractivity contribution is 5.88. The topological polar surface area (TPSA) is 105 Å². The van der Waals surface area contributed by atoms with E-state index in [1.165, 1.54) is 116 Å². The lowest BCUT2D eigenvalue weighted by atomic mass is 9.99. The molecule has 366 valence electrons. The number of unbranched alkanes of at least 4 members (excludes halogenated alkanes) is 23. The molecular weight excluding hydrogens is 773 g/mol. The summed E-state index contributed by atoms with van der Waals surface area (Å²) in [4.78, 5) is 62.2. The van der Waals surface area contributed by atoms with Crippen molar-refractivity contribution in [3.8, 4) is 0 Å². The fraction of sp³-hybridized carbons (Fsp3) is 0.923. The maximum absolute atomic E-state index is 13.6. The predicted molar refractivity (Wildman–Crippen MR) is 264 cm³/mol. The van der Waals surface area contributed by atoms with E-state index in [1.807, 2.05) is 65.7 Å². The molecule has 62 heavy (non-hydrogen) atoms. The van der Waals surface area contributed by atoms with E-state index in [-0.39, 0.29) is 35.5 Å². The third-order valence-corrected chi connectivity index (χ3v) is 12.4. The second kappa shape index (κ2) is 40.3. The molecule has 0 aliphatic heterocycles. The second-order valence-electron chi connectivity index (χ2n) is 19.7. The average molecular weight is 877 g/mol. The van der Waals surface area contributed by atoms with Crippen molar-refractivity contribution >= 4 is 23.6 Å². The average Bonchev–Trinajstić information content (AvgIpc) is 3.22. The first kappa shape index (κ1) is 59.8. The van der Waals surface area contributed by atoms with E-state index in [0.29, 0.717) is 39.0 Å². The van der Waals surface area contributed by atoms with Gasteiger partial charge in [-0.1, -0.05) is 183 Å².